The van der Waals surface area contributed by atoms with Gasteiger partial charge in [-0.15, -0.1) is 0 Å². The Morgan fingerprint density at radius 1 is 1.50 bits per heavy atom. The third-order valence-electron chi connectivity index (χ3n) is 2.65. The molecular formula is C13H15ClO2. The third kappa shape index (κ3) is 2.99. The number of benzene rings is 1. The lowest BCUT2D eigenvalue weighted by Gasteiger charge is -2.10. The van der Waals surface area contributed by atoms with E-state index in [9.17, 15) is 4.79 Å². The third-order valence-corrected chi connectivity index (χ3v) is 3.08. The molecule has 0 radical (unpaired) electrons. The monoisotopic (exact) mass is 238 g/mol. The summed E-state index contributed by atoms with van der Waals surface area (Å²) >= 11 is 6.18. The molecule has 0 heterocycles. The molecule has 1 aliphatic carbocycles. The fraction of sp³-hybridized carbons (Fsp3) is 0.462. The van der Waals surface area contributed by atoms with Gasteiger partial charge in [-0.3, -0.25) is 4.79 Å². The van der Waals surface area contributed by atoms with Crippen LogP contribution in [0, 0.1) is 5.92 Å². The molecule has 1 saturated carbocycles. The molecule has 0 atom stereocenters. The molecule has 3 heteroatoms. The van der Waals surface area contributed by atoms with Crippen LogP contribution >= 0.6 is 11.6 Å². The molecule has 16 heavy (non-hydrogen) atoms. The van der Waals surface area contributed by atoms with E-state index in [4.69, 9.17) is 16.3 Å². The summed E-state index contributed by atoms with van der Waals surface area (Å²) in [7, 11) is 0. The topological polar surface area (TPSA) is 26.3 Å². The Labute approximate surface area is 101 Å². The second-order valence-electron chi connectivity index (χ2n) is 4.36. The summed E-state index contributed by atoms with van der Waals surface area (Å²) in [5, 5.41) is 0.582. The minimum atomic E-state index is 0.112. The van der Waals surface area contributed by atoms with Crippen LogP contribution in [0.1, 0.15) is 25.3 Å². The fourth-order valence-corrected chi connectivity index (χ4v) is 1.81. The van der Waals surface area contributed by atoms with Crippen LogP contribution < -0.4 is 4.74 Å². The van der Waals surface area contributed by atoms with Crippen molar-refractivity contribution in [3.8, 4) is 5.75 Å². The molecule has 0 N–H and O–H groups in total. The summed E-state index contributed by atoms with van der Waals surface area (Å²) in [5.74, 6) is 1.51. The first-order chi connectivity index (χ1) is 7.66. The number of carbonyl (C=O) groups excluding carboxylic acids is 1. The Hall–Kier alpha value is -1.02. The lowest BCUT2D eigenvalue weighted by Crippen LogP contribution is -2.02. The molecule has 0 spiro atoms. The first-order valence-corrected chi connectivity index (χ1v) is 5.94. The molecular weight excluding hydrogens is 224 g/mol. The van der Waals surface area contributed by atoms with Crippen molar-refractivity contribution in [1.82, 2.24) is 0 Å². The molecule has 2 rings (SSSR count). The Kier molecular flexibility index (Phi) is 3.49. The van der Waals surface area contributed by atoms with Gasteiger partial charge in [0.15, 0.2) is 0 Å². The van der Waals surface area contributed by atoms with Crippen molar-refractivity contribution in [2.75, 3.05) is 6.61 Å². The molecule has 0 aliphatic heterocycles. The van der Waals surface area contributed by atoms with E-state index < -0.39 is 0 Å². The van der Waals surface area contributed by atoms with Crippen LogP contribution in [0.25, 0.3) is 0 Å². The lowest BCUT2D eigenvalue weighted by atomic mass is 10.1. The van der Waals surface area contributed by atoms with Gasteiger partial charge in [0, 0.05) is 6.42 Å². The zero-order valence-corrected chi connectivity index (χ0v) is 10.1. The molecule has 2 nitrogen and oxygen atoms in total. The Morgan fingerprint density at radius 2 is 2.25 bits per heavy atom. The minimum absolute atomic E-state index is 0.112. The number of rotatable bonds is 5. The van der Waals surface area contributed by atoms with Gasteiger partial charge in [-0.1, -0.05) is 23.7 Å². The second kappa shape index (κ2) is 4.88. The summed E-state index contributed by atoms with van der Waals surface area (Å²) < 4.78 is 5.64. The van der Waals surface area contributed by atoms with E-state index >= 15 is 0 Å². The SMILES string of the molecule is CC(=O)Cc1cccc(OCC2CC2)c1Cl. The van der Waals surface area contributed by atoms with Crippen LogP contribution in [-0.4, -0.2) is 12.4 Å². The molecule has 1 fully saturated rings. The van der Waals surface area contributed by atoms with Crippen molar-refractivity contribution in [2.45, 2.75) is 26.2 Å². The van der Waals surface area contributed by atoms with Gasteiger partial charge in [0.1, 0.15) is 11.5 Å². The van der Waals surface area contributed by atoms with Crippen LogP contribution in [0.15, 0.2) is 18.2 Å². The van der Waals surface area contributed by atoms with Gasteiger partial charge >= 0.3 is 0 Å². The molecule has 0 bridgehead atoms. The summed E-state index contributed by atoms with van der Waals surface area (Å²) in [6.45, 7) is 2.30. The van der Waals surface area contributed by atoms with Gasteiger partial charge in [0.25, 0.3) is 0 Å². The largest absolute Gasteiger partial charge is 0.492 e. The van der Waals surface area contributed by atoms with E-state index in [2.05, 4.69) is 0 Å². The molecule has 86 valence electrons. The van der Waals surface area contributed by atoms with E-state index in [1.54, 1.807) is 6.92 Å². The highest BCUT2D eigenvalue weighted by Gasteiger charge is 2.22. The van der Waals surface area contributed by atoms with Crippen molar-refractivity contribution < 1.29 is 9.53 Å². The van der Waals surface area contributed by atoms with Crippen LogP contribution in [0.5, 0.6) is 5.75 Å². The van der Waals surface area contributed by atoms with Crippen LogP contribution in [0.3, 0.4) is 0 Å². The number of ether oxygens (including phenoxy) is 1. The van der Waals surface area contributed by atoms with Gasteiger partial charge in [0.2, 0.25) is 0 Å². The molecule has 1 aromatic rings. The minimum Gasteiger partial charge on any atom is -0.492 e. The highest BCUT2D eigenvalue weighted by molar-refractivity contribution is 6.33. The smallest absolute Gasteiger partial charge is 0.138 e. The van der Waals surface area contributed by atoms with E-state index in [1.807, 2.05) is 18.2 Å². The van der Waals surface area contributed by atoms with E-state index in [0.717, 1.165) is 12.2 Å². The standard InChI is InChI=1S/C13H15ClO2/c1-9(15)7-11-3-2-4-12(13(11)14)16-8-10-5-6-10/h2-4,10H,5-8H2,1H3. The highest BCUT2D eigenvalue weighted by Crippen LogP contribution is 2.33. The van der Waals surface area contributed by atoms with Crippen LogP contribution in [-0.2, 0) is 11.2 Å². The normalized spacial score (nSPS) is 14.9. The van der Waals surface area contributed by atoms with Gasteiger partial charge < -0.3 is 4.74 Å². The summed E-state index contributed by atoms with van der Waals surface area (Å²) in [6.07, 6.45) is 2.88. The number of ketones is 1. The van der Waals surface area contributed by atoms with Crippen molar-refractivity contribution in [3.63, 3.8) is 0 Å². The van der Waals surface area contributed by atoms with E-state index in [1.165, 1.54) is 12.8 Å². The van der Waals surface area contributed by atoms with Crippen LogP contribution in [0.2, 0.25) is 5.02 Å². The molecule has 1 aromatic carbocycles. The lowest BCUT2D eigenvalue weighted by molar-refractivity contribution is -0.116. The predicted octanol–water partition coefficient (Wildman–Crippen LogP) is 3.26. The number of halogens is 1. The Balaban J connectivity index is 2.07. The average Bonchev–Trinajstić information content (AvgIpc) is 3.02. The first kappa shape index (κ1) is 11.5. The molecule has 0 unspecified atom stereocenters. The van der Waals surface area contributed by atoms with Gasteiger partial charge in [-0.25, -0.2) is 0 Å². The van der Waals surface area contributed by atoms with Crippen molar-refractivity contribution in [1.29, 1.82) is 0 Å². The molecule has 0 aromatic heterocycles. The quantitative estimate of drug-likeness (QED) is 0.787. The van der Waals surface area contributed by atoms with Crippen LogP contribution in [0.4, 0.5) is 0 Å². The maximum absolute atomic E-state index is 11.1. The van der Waals surface area contributed by atoms with Crippen molar-refractivity contribution >= 4 is 17.4 Å². The van der Waals surface area contributed by atoms with Crippen molar-refractivity contribution in [3.05, 3.63) is 28.8 Å². The highest BCUT2D eigenvalue weighted by atomic mass is 35.5. The predicted molar refractivity (Wildman–Crippen MR) is 64.1 cm³/mol. The summed E-state index contributed by atoms with van der Waals surface area (Å²) in [4.78, 5) is 11.1. The van der Waals surface area contributed by atoms with Crippen molar-refractivity contribution in [2.24, 2.45) is 5.92 Å². The van der Waals surface area contributed by atoms with E-state index in [-0.39, 0.29) is 5.78 Å². The van der Waals surface area contributed by atoms with Gasteiger partial charge in [0.05, 0.1) is 11.6 Å². The molecule has 0 saturated heterocycles. The molecule has 1 aliphatic rings. The zero-order valence-electron chi connectivity index (χ0n) is 9.33. The number of Topliss-reactive ketones (excluding diaryl/α,β-unsaturated/α-hetero) is 1. The number of carbonyl (C=O) groups is 1. The molecule has 0 amide bonds. The number of hydrogen-bond acceptors (Lipinski definition) is 2. The summed E-state index contributed by atoms with van der Waals surface area (Å²) in [6, 6.07) is 5.61. The first-order valence-electron chi connectivity index (χ1n) is 5.56. The fourth-order valence-electron chi connectivity index (χ4n) is 1.56. The maximum atomic E-state index is 11.1. The zero-order chi connectivity index (χ0) is 11.5. The van der Waals surface area contributed by atoms with Gasteiger partial charge in [-0.2, -0.15) is 0 Å². The second-order valence-corrected chi connectivity index (χ2v) is 4.74. The van der Waals surface area contributed by atoms with E-state index in [0.29, 0.717) is 23.1 Å². The van der Waals surface area contributed by atoms with Gasteiger partial charge in [-0.05, 0) is 37.3 Å². The Morgan fingerprint density at radius 3 is 2.88 bits per heavy atom. The summed E-state index contributed by atoms with van der Waals surface area (Å²) in [5.41, 5.74) is 0.850. The number of hydrogen-bond donors (Lipinski definition) is 0. The Bertz CT molecular complexity index is 397. The maximum Gasteiger partial charge on any atom is 0.138 e. The average molecular weight is 239 g/mol.